The summed E-state index contributed by atoms with van der Waals surface area (Å²) in [7, 11) is 3.41. The average Bonchev–Trinajstić information content (AvgIpc) is 2.46. The molecule has 2 aromatic rings. The summed E-state index contributed by atoms with van der Waals surface area (Å²) < 4.78 is 18.5. The Morgan fingerprint density at radius 2 is 1.95 bits per heavy atom. The molecule has 0 aliphatic rings. The number of carbonyl (C=O) groups is 1. The third-order valence-corrected chi connectivity index (χ3v) is 3.30. The van der Waals surface area contributed by atoms with Crippen molar-refractivity contribution in [2.75, 3.05) is 19.1 Å². The summed E-state index contributed by atoms with van der Waals surface area (Å²) in [6.07, 6.45) is 0. The monoisotopic (exact) mass is 287 g/mol. The van der Waals surface area contributed by atoms with Crippen LogP contribution in [0.5, 0.6) is 5.75 Å². The Morgan fingerprint density at radius 3 is 2.57 bits per heavy atom. The molecule has 21 heavy (non-hydrogen) atoms. The molecule has 0 unspecified atom stereocenters. The van der Waals surface area contributed by atoms with E-state index in [1.807, 2.05) is 30.1 Å². The van der Waals surface area contributed by atoms with Crippen molar-refractivity contribution in [2.24, 2.45) is 0 Å². The van der Waals surface area contributed by atoms with E-state index in [9.17, 15) is 9.18 Å². The minimum absolute atomic E-state index is 0.0615. The molecule has 3 nitrogen and oxygen atoms in total. The first-order valence-corrected chi connectivity index (χ1v) is 6.66. The lowest BCUT2D eigenvalue weighted by atomic mass is 10.1. The Hall–Kier alpha value is -2.36. The number of nitrogens with zero attached hydrogens (tertiary/aromatic N) is 1. The molecule has 0 saturated carbocycles. The first-order chi connectivity index (χ1) is 10.0. The number of anilines is 1. The Bertz CT molecular complexity index is 655. The number of benzene rings is 2. The zero-order valence-electron chi connectivity index (χ0n) is 12.4. The van der Waals surface area contributed by atoms with Crippen LogP contribution < -0.4 is 9.64 Å². The van der Waals surface area contributed by atoms with Gasteiger partial charge in [-0.05, 0) is 36.8 Å². The first-order valence-electron chi connectivity index (χ1n) is 6.66. The van der Waals surface area contributed by atoms with Gasteiger partial charge in [-0.3, -0.25) is 4.79 Å². The van der Waals surface area contributed by atoms with Crippen LogP contribution in [0.4, 0.5) is 10.1 Å². The minimum Gasteiger partial charge on any atom is -0.496 e. The maximum atomic E-state index is 13.3. The van der Waals surface area contributed by atoms with Gasteiger partial charge in [0, 0.05) is 13.6 Å². The number of hydrogen-bond acceptors (Lipinski definition) is 3. The SMILES string of the molecule is COc1cccc(N(C)Cc2cccc(F)c2)c1C(C)=O. The fourth-order valence-electron chi connectivity index (χ4n) is 2.36. The second kappa shape index (κ2) is 6.39. The van der Waals surface area contributed by atoms with Gasteiger partial charge in [-0.15, -0.1) is 0 Å². The zero-order chi connectivity index (χ0) is 15.4. The standard InChI is InChI=1S/C17H18FNO2/c1-12(20)17-15(8-5-9-16(17)21-3)19(2)11-13-6-4-7-14(18)10-13/h4-10H,11H2,1-3H3. The molecule has 0 aliphatic heterocycles. The van der Waals surface area contributed by atoms with E-state index in [0.717, 1.165) is 11.3 Å². The smallest absolute Gasteiger partial charge is 0.165 e. The highest BCUT2D eigenvalue weighted by Gasteiger charge is 2.16. The van der Waals surface area contributed by atoms with Crippen molar-refractivity contribution < 1.29 is 13.9 Å². The van der Waals surface area contributed by atoms with Crippen molar-refractivity contribution >= 4 is 11.5 Å². The average molecular weight is 287 g/mol. The molecule has 4 heteroatoms. The molecule has 2 aromatic carbocycles. The highest BCUT2D eigenvalue weighted by atomic mass is 19.1. The zero-order valence-corrected chi connectivity index (χ0v) is 12.4. The molecule has 0 amide bonds. The van der Waals surface area contributed by atoms with Gasteiger partial charge in [0.05, 0.1) is 18.4 Å². The lowest BCUT2D eigenvalue weighted by molar-refractivity contribution is 0.101. The van der Waals surface area contributed by atoms with Crippen LogP contribution in [0, 0.1) is 5.82 Å². The molecule has 0 atom stereocenters. The van der Waals surface area contributed by atoms with E-state index in [1.165, 1.54) is 26.2 Å². The van der Waals surface area contributed by atoms with Crippen LogP contribution in [0.15, 0.2) is 42.5 Å². The van der Waals surface area contributed by atoms with E-state index in [-0.39, 0.29) is 11.6 Å². The van der Waals surface area contributed by atoms with Crippen LogP contribution in [-0.2, 0) is 6.54 Å². The molecule has 0 bridgehead atoms. The number of rotatable bonds is 5. The van der Waals surface area contributed by atoms with Gasteiger partial charge >= 0.3 is 0 Å². The van der Waals surface area contributed by atoms with Crippen LogP contribution in [-0.4, -0.2) is 19.9 Å². The summed E-state index contributed by atoms with van der Waals surface area (Å²) in [6, 6.07) is 11.9. The molecular weight excluding hydrogens is 269 g/mol. The molecule has 0 aliphatic carbocycles. The molecule has 0 spiro atoms. The maximum Gasteiger partial charge on any atom is 0.165 e. The summed E-state index contributed by atoms with van der Waals surface area (Å²) in [5.74, 6) is 0.220. The summed E-state index contributed by atoms with van der Waals surface area (Å²) in [6.45, 7) is 2.02. The molecule has 110 valence electrons. The summed E-state index contributed by atoms with van der Waals surface area (Å²) in [5.41, 5.74) is 2.15. The molecule has 0 saturated heterocycles. The topological polar surface area (TPSA) is 29.5 Å². The fraction of sp³-hybridized carbons (Fsp3) is 0.235. The number of ether oxygens (including phenoxy) is 1. The Labute approximate surface area is 124 Å². The first kappa shape index (κ1) is 15.0. The van der Waals surface area contributed by atoms with Crippen molar-refractivity contribution in [1.82, 2.24) is 0 Å². The van der Waals surface area contributed by atoms with Crippen molar-refractivity contribution in [2.45, 2.75) is 13.5 Å². The lowest BCUT2D eigenvalue weighted by Crippen LogP contribution is -2.19. The van der Waals surface area contributed by atoms with Crippen molar-refractivity contribution in [3.63, 3.8) is 0 Å². The molecule has 0 fully saturated rings. The highest BCUT2D eigenvalue weighted by Crippen LogP contribution is 2.30. The third-order valence-electron chi connectivity index (χ3n) is 3.30. The van der Waals surface area contributed by atoms with Gasteiger partial charge in [-0.25, -0.2) is 4.39 Å². The van der Waals surface area contributed by atoms with Gasteiger partial charge in [-0.2, -0.15) is 0 Å². The fourth-order valence-corrected chi connectivity index (χ4v) is 2.36. The van der Waals surface area contributed by atoms with Gasteiger partial charge in [0.1, 0.15) is 11.6 Å². The molecule has 0 aromatic heterocycles. The second-order valence-electron chi connectivity index (χ2n) is 4.90. The maximum absolute atomic E-state index is 13.3. The number of halogens is 1. The Morgan fingerprint density at radius 1 is 1.24 bits per heavy atom. The summed E-state index contributed by atoms with van der Waals surface area (Å²) in [4.78, 5) is 13.8. The number of carbonyl (C=O) groups excluding carboxylic acids is 1. The number of ketones is 1. The Balaban J connectivity index is 2.35. The van der Waals surface area contributed by atoms with E-state index in [0.29, 0.717) is 17.9 Å². The third kappa shape index (κ3) is 3.40. The van der Waals surface area contributed by atoms with Crippen LogP contribution >= 0.6 is 0 Å². The largest absolute Gasteiger partial charge is 0.496 e. The molecule has 0 radical (unpaired) electrons. The normalized spacial score (nSPS) is 10.3. The number of methoxy groups -OCH3 is 1. The molecular formula is C17H18FNO2. The quantitative estimate of drug-likeness (QED) is 0.786. The van der Waals surface area contributed by atoms with Crippen LogP contribution in [0.3, 0.4) is 0 Å². The Kier molecular flexibility index (Phi) is 4.58. The minimum atomic E-state index is -0.265. The number of hydrogen-bond donors (Lipinski definition) is 0. The van der Waals surface area contributed by atoms with Gasteiger partial charge < -0.3 is 9.64 Å². The highest BCUT2D eigenvalue weighted by molar-refractivity contribution is 6.02. The number of Topliss-reactive ketones (excluding diaryl/α,β-unsaturated/α-hetero) is 1. The second-order valence-corrected chi connectivity index (χ2v) is 4.90. The molecule has 2 rings (SSSR count). The van der Waals surface area contributed by atoms with Crippen LogP contribution in [0.25, 0.3) is 0 Å². The predicted octanol–water partition coefficient (Wildman–Crippen LogP) is 3.67. The van der Waals surface area contributed by atoms with Gasteiger partial charge in [0.2, 0.25) is 0 Å². The van der Waals surface area contributed by atoms with E-state index in [2.05, 4.69) is 0 Å². The predicted molar refractivity (Wildman–Crippen MR) is 81.5 cm³/mol. The summed E-state index contributed by atoms with van der Waals surface area (Å²) >= 11 is 0. The van der Waals surface area contributed by atoms with Crippen molar-refractivity contribution in [3.05, 3.63) is 59.4 Å². The van der Waals surface area contributed by atoms with E-state index in [1.54, 1.807) is 12.1 Å². The van der Waals surface area contributed by atoms with Gasteiger partial charge in [0.25, 0.3) is 0 Å². The van der Waals surface area contributed by atoms with E-state index >= 15 is 0 Å². The molecule has 0 N–H and O–H groups in total. The van der Waals surface area contributed by atoms with Crippen molar-refractivity contribution in [3.8, 4) is 5.75 Å². The molecule has 0 heterocycles. The van der Waals surface area contributed by atoms with Gasteiger partial charge in [-0.1, -0.05) is 18.2 Å². The van der Waals surface area contributed by atoms with E-state index in [4.69, 9.17) is 4.74 Å². The van der Waals surface area contributed by atoms with Crippen LogP contribution in [0.2, 0.25) is 0 Å². The lowest BCUT2D eigenvalue weighted by Gasteiger charge is -2.23. The van der Waals surface area contributed by atoms with E-state index < -0.39 is 0 Å². The van der Waals surface area contributed by atoms with Crippen molar-refractivity contribution in [1.29, 1.82) is 0 Å². The summed E-state index contributed by atoms with van der Waals surface area (Å²) in [5, 5.41) is 0. The van der Waals surface area contributed by atoms with Crippen LogP contribution in [0.1, 0.15) is 22.8 Å². The van der Waals surface area contributed by atoms with Gasteiger partial charge in [0.15, 0.2) is 5.78 Å².